The number of thiophene rings is 1. The number of rotatable bonds is 5. The summed E-state index contributed by atoms with van der Waals surface area (Å²) in [5.41, 5.74) is 0. The third kappa shape index (κ3) is 3.32. The van der Waals surface area contributed by atoms with Crippen molar-refractivity contribution in [2.24, 2.45) is 0 Å². The van der Waals surface area contributed by atoms with E-state index in [2.05, 4.69) is 4.90 Å². The van der Waals surface area contributed by atoms with Crippen molar-refractivity contribution in [1.82, 2.24) is 9.21 Å². The molecule has 1 aromatic rings. The van der Waals surface area contributed by atoms with E-state index in [-0.39, 0.29) is 0 Å². The first-order valence-electron chi connectivity index (χ1n) is 6.33. The van der Waals surface area contributed by atoms with Gasteiger partial charge >= 0.3 is 0 Å². The van der Waals surface area contributed by atoms with E-state index >= 15 is 0 Å². The van der Waals surface area contributed by atoms with Crippen LogP contribution in [-0.2, 0) is 10.0 Å². The number of nitrogens with zero attached hydrogens (tertiary/aromatic N) is 2. The predicted molar refractivity (Wildman–Crippen MR) is 74.4 cm³/mol. The largest absolute Gasteiger partial charge is 0.302 e. The number of sulfonamides is 1. The van der Waals surface area contributed by atoms with Crippen LogP contribution >= 0.6 is 11.3 Å². The lowest BCUT2D eigenvalue weighted by Crippen LogP contribution is -2.38. The van der Waals surface area contributed by atoms with E-state index in [1.807, 2.05) is 0 Å². The Morgan fingerprint density at radius 3 is 2.67 bits per heavy atom. The molecule has 0 radical (unpaired) electrons. The fourth-order valence-electron chi connectivity index (χ4n) is 2.15. The molecule has 0 atom stereocenters. The monoisotopic (exact) mass is 288 g/mol. The highest BCUT2D eigenvalue weighted by atomic mass is 32.2. The average molecular weight is 288 g/mol. The number of likely N-dealkylation sites (tertiary alicyclic amines) is 1. The third-order valence-electron chi connectivity index (χ3n) is 3.34. The van der Waals surface area contributed by atoms with Gasteiger partial charge < -0.3 is 4.90 Å². The van der Waals surface area contributed by atoms with Crippen molar-refractivity contribution in [2.75, 3.05) is 33.2 Å². The van der Waals surface area contributed by atoms with Crippen LogP contribution in [0.2, 0.25) is 0 Å². The summed E-state index contributed by atoms with van der Waals surface area (Å²) in [5, 5.41) is 1.80. The smallest absolute Gasteiger partial charge is 0.252 e. The van der Waals surface area contributed by atoms with Gasteiger partial charge in [-0.15, -0.1) is 11.3 Å². The summed E-state index contributed by atoms with van der Waals surface area (Å²) < 4.78 is 26.3. The Labute approximate surface area is 113 Å². The molecule has 1 aromatic heterocycles. The molecule has 1 saturated heterocycles. The molecule has 4 nitrogen and oxygen atoms in total. The van der Waals surface area contributed by atoms with Gasteiger partial charge in [0.15, 0.2) is 0 Å². The Morgan fingerprint density at radius 2 is 2.06 bits per heavy atom. The average Bonchev–Trinajstić information content (AvgIpc) is 2.91. The lowest BCUT2D eigenvalue weighted by atomic mass is 10.1. The number of piperidine rings is 1. The van der Waals surface area contributed by atoms with E-state index in [4.69, 9.17) is 0 Å². The van der Waals surface area contributed by atoms with E-state index < -0.39 is 10.0 Å². The van der Waals surface area contributed by atoms with Crippen LogP contribution in [0.1, 0.15) is 19.3 Å². The Hall–Kier alpha value is -0.430. The van der Waals surface area contributed by atoms with Gasteiger partial charge in [-0.05, 0) is 37.4 Å². The highest BCUT2D eigenvalue weighted by Gasteiger charge is 2.22. The molecule has 0 N–H and O–H groups in total. The van der Waals surface area contributed by atoms with E-state index in [0.29, 0.717) is 10.8 Å². The molecule has 2 rings (SSSR count). The summed E-state index contributed by atoms with van der Waals surface area (Å²) in [4.78, 5) is 2.35. The number of hydrogen-bond donors (Lipinski definition) is 0. The number of likely N-dealkylation sites (N-methyl/N-ethyl adjacent to an activating group) is 1. The first-order valence-corrected chi connectivity index (χ1v) is 8.65. The van der Waals surface area contributed by atoms with Gasteiger partial charge in [-0.1, -0.05) is 12.5 Å². The van der Waals surface area contributed by atoms with Crippen LogP contribution in [-0.4, -0.2) is 50.8 Å². The first kappa shape index (κ1) is 14.0. The van der Waals surface area contributed by atoms with Crippen molar-refractivity contribution in [1.29, 1.82) is 0 Å². The maximum Gasteiger partial charge on any atom is 0.252 e. The van der Waals surface area contributed by atoms with Crippen molar-refractivity contribution in [2.45, 2.75) is 23.5 Å². The molecule has 6 heteroatoms. The Kier molecular flexibility index (Phi) is 4.77. The highest BCUT2D eigenvalue weighted by Crippen LogP contribution is 2.19. The van der Waals surface area contributed by atoms with Crippen LogP contribution in [0.3, 0.4) is 0 Å². The van der Waals surface area contributed by atoms with Gasteiger partial charge in [0.05, 0.1) is 0 Å². The van der Waals surface area contributed by atoms with Gasteiger partial charge in [0.25, 0.3) is 10.0 Å². The first-order chi connectivity index (χ1) is 8.60. The highest BCUT2D eigenvalue weighted by molar-refractivity contribution is 7.91. The summed E-state index contributed by atoms with van der Waals surface area (Å²) >= 11 is 1.28. The minimum atomic E-state index is -3.27. The summed E-state index contributed by atoms with van der Waals surface area (Å²) in [7, 11) is -1.61. The van der Waals surface area contributed by atoms with E-state index in [9.17, 15) is 8.42 Å². The van der Waals surface area contributed by atoms with Crippen molar-refractivity contribution in [3.63, 3.8) is 0 Å². The maximum atomic E-state index is 12.2. The van der Waals surface area contributed by atoms with Crippen LogP contribution in [0.5, 0.6) is 0 Å². The molecule has 0 amide bonds. The van der Waals surface area contributed by atoms with Crippen LogP contribution in [0, 0.1) is 0 Å². The Balaban J connectivity index is 1.89. The lowest BCUT2D eigenvalue weighted by Gasteiger charge is -2.28. The molecule has 0 aliphatic carbocycles. The molecule has 102 valence electrons. The van der Waals surface area contributed by atoms with Gasteiger partial charge in [0, 0.05) is 20.1 Å². The summed E-state index contributed by atoms with van der Waals surface area (Å²) in [6.45, 7) is 3.61. The SMILES string of the molecule is CN(CCN1CCCCC1)S(=O)(=O)c1cccs1. The second-order valence-corrected chi connectivity index (χ2v) is 7.88. The van der Waals surface area contributed by atoms with Gasteiger partial charge in [0.2, 0.25) is 0 Å². The maximum absolute atomic E-state index is 12.2. The quantitative estimate of drug-likeness (QED) is 0.830. The zero-order valence-electron chi connectivity index (χ0n) is 10.7. The lowest BCUT2D eigenvalue weighted by molar-refractivity contribution is 0.218. The number of hydrogen-bond acceptors (Lipinski definition) is 4. The van der Waals surface area contributed by atoms with Crippen molar-refractivity contribution in [3.05, 3.63) is 17.5 Å². The van der Waals surface area contributed by atoms with Gasteiger partial charge in [-0.25, -0.2) is 8.42 Å². The minimum absolute atomic E-state index is 0.434. The second-order valence-electron chi connectivity index (χ2n) is 4.66. The van der Waals surface area contributed by atoms with Crippen LogP contribution in [0.15, 0.2) is 21.7 Å². The van der Waals surface area contributed by atoms with E-state index in [0.717, 1.165) is 19.6 Å². The zero-order valence-corrected chi connectivity index (χ0v) is 12.3. The third-order valence-corrected chi connectivity index (χ3v) is 6.57. The predicted octanol–water partition coefficient (Wildman–Crippen LogP) is 1.85. The van der Waals surface area contributed by atoms with Gasteiger partial charge in [-0.3, -0.25) is 0 Å². The fourth-order valence-corrected chi connectivity index (χ4v) is 4.51. The molecular weight excluding hydrogens is 268 g/mol. The molecule has 1 fully saturated rings. The van der Waals surface area contributed by atoms with Crippen LogP contribution < -0.4 is 0 Å². The van der Waals surface area contributed by atoms with Gasteiger partial charge in [0.1, 0.15) is 4.21 Å². The Bertz CT molecular complexity index is 450. The molecule has 0 saturated carbocycles. The molecule has 1 aliphatic rings. The Morgan fingerprint density at radius 1 is 1.33 bits per heavy atom. The molecule has 18 heavy (non-hydrogen) atoms. The van der Waals surface area contributed by atoms with Crippen LogP contribution in [0.4, 0.5) is 0 Å². The van der Waals surface area contributed by atoms with Crippen molar-refractivity contribution in [3.8, 4) is 0 Å². The molecule has 0 bridgehead atoms. The second kappa shape index (κ2) is 6.14. The minimum Gasteiger partial charge on any atom is -0.302 e. The van der Waals surface area contributed by atoms with Crippen LogP contribution in [0.25, 0.3) is 0 Å². The molecule has 0 unspecified atom stereocenters. The summed E-state index contributed by atoms with van der Waals surface area (Å²) in [6.07, 6.45) is 3.78. The molecule has 2 heterocycles. The molecule has 0 spiro atoms. The fraction of sp³-hybridized carbons (Fsp3) is 0.667. The topological polar surface area (TPSA) is 40.6 Å². The van der Waals surface area contributed by atoms with E-state index in [1.165, 1.54) is 34.9 Å². The molecule has 1 aliphatic heterocycles. The summed E-state index contributed by atoms with van der Waals surface area (Å²) in [6, 6.07) is 3.44. The van der Waals surface area contributed by atoms with Gasteiger partial charge in [-0.2, -0.15) is 4.31 Å². The molecule has 0 aromatic carbocycles. The molecular formula is C12H20N2O2S2. The summed E-state index contributed by atoms with van der Waals surface area (Å²) in [5.74, 6) is 0. The normalized spacial score (nSPS) is 18.3. The van der Waals surface area contributed by atoms with Crippen molar-refractivity contribution < 1.29 is 8.42 Å². The van der Waals surface area contributed by atoms with E-state index in [1.54, 1.807) is 24.6 Å². The van der Waals surface area contributed by atoms with Crippen molar-refractivity contribution >= 4 is 21.4 Å². The standard InChI is InChI=1S/C12H20N2O2S2/c1-13(9-10-14-7-3-2-4-8-14)18(15,16)12-6-5-11-17-12/h5-6,11H,2-4,7-10H2,1H3. The zero-order chi connectivity index (χ0) is 13.0.